The van der Waals surface area contributed by atoms with Crippen molar-refractivity contribution in [3.63, 3.8) is 0 Å². The summed E-state index contributed by atoms with van der Waals surface area (Å²) in [5.41, 5.74) is 0. The molecule has 4 heteroatoms. The quantitative estimate of drug-likeness (QED) is 0.0962. The van der Waals surface area contributed by atoms with E-state index in [1.54, 1.807) is 0 Å². The summed E-state index contributed by atoms with van der Waals surface area (Å²) in [5.74, 6) is -1.14. The molecule has 0 amide bonds. The summed E-state index contributed by atoms with van der Waals surface area (Å²) >= 11 is 0. The first-order valence-corrected chi connectivity index (χ1v) is 13.3. The molecule has 0 aliphatic rings. The highest BCUT2D eigenvalue weighted by Gasteiger charge is 2.17. The number of unbranched alkanes of at least 4 members (excludes halogenated alkanes) is 12. The lowest BCUT2D eigenvalue weighted by molar-refractivity contribution is -0.153. The number of carbonyl (C=O) groups is 2. The maximum Gasteiger partial charge on any atom is 0.307 e. The number of aliphatic carboxylic acids is 1. The Labute approximate surface area is 197 Å². The topological polar surface area (TPSA) is 63.6 Å². The molecular formula is C28H50O4. The van der Waals surface area contributed by atoms with Gasteiger partial charge in [-0.15, -0.1) is 0 Å². The molecule has 4 nitrogen and oxygen atoms in total. The van der Waals surface area contributed by atoms with E-state index in [2.05, 4.69) is 38.2 Å². The Bertz CT molecular complexity index is 496. The molecule has 1 atom stereocenters. The molecule has 0 heterocycles. The number of carboxylic acid groups (broad SMARTS) is 1. The third-order valence-electron chi connectivity index (χ3n) is 5.66. The second-order valence-corrected chi connectivity index (χ2v) is 8.89. The van der Waals surface area contributed by atoms with Crippen LogP contribution in [0.3, 0.4) is 0 Å². The molecule has 0 aromatic rings. The minimum atomic E-state index is -0.896. The van der Waals surface area contributed by atoms with Crippen molar-refractivity contribution < 1.29 is 19.4 Å². The fraction of sp³-hybridized carbons (Fsp3) is 0.786. The molecule has 0 aromatic heterocycles. The lowest BCUT2D eigenvalue weighted by Gasteiger charge is -2.16. The van der Waals surface area contributed by atoms with Gasteiger partial charge in [0.2, 0.25) is 0 Å². The second-order valence-electron chi connectivity index (χ2n) is 8.89. The summed E-state index contributed by atoms with van der Waals surface area (Å²) in [6.45, 7) is 4.38. The summed E-state index contributed by atoms with van der Waals surface area (Å²) in [6.07, 6.45) is 27.9. The first-order chi connectivity index (χ1) is 15.6. The van der Waals surface area contributed by atoms with Gasteiger partial charge in [-0.25, -0.2) is 0 Å². The van der Waals surface area contributed by atoms with Crippen LogP contribution in [0.5, 0.6) is 0 Å². The van der Waals surface area contributed by atoms with E-state index in [1.165, 1.54) is 44.9 Å². The van der Waals surface area contributed by atoms with E-state index < -0.39 is 12.1 Å². The van der Waals surface area contributed by atoms with Crippen LogP contribution in [0.1, 0.15) is 136 Å². The predicted octanol–water partition coefficient (Wildman–Crippen LogP) is 8.55. The zero-order valence-electron chi connectivity index (χ0n) is 21.0. The van der Waals surface area contributed by atoms with E-state index in [1.807, 2.05) is 0 Å². The fourth-order valence-electron chi connectivity index (χ4n) is 3.70. The van der Waals surface area contributed by atoms with Gasteiger partial charge in [-0.3, -0.25) is 9.59 Å². The number of hydrogen-bond acceptors (Lipinski definition) is 3. The van der Waals surface area contributed by atoms with Crippen molar-refractivity contribution in [1.82, 2.24) is 0 Å². The van der Waals surface area contributed by atoms with Crippen LogP contribution in [0.25, 0.3) is 0 Å². The Kier molecular flexibility index (Phi) is 22.9. The zero-order chi connectivity index (χ0) is 23.7. The molecule has 0 fully saturated rings. The standard InChI is InChI=1S/C28H50O4/c1-3-5-7-9-10-11-12-13-14-15-16-17-18-19-20-22-24-28(31)32-26(25-27(29)30)23-21-8-6-4-2/h10-11,13-14,26H,3-9,12,15-25H2,1-2H3,(H,29,30)/b11-10-,14-13-. The number of carboxylic acids is 1. The number of esters is 1. The monoisotopic (exact) mass is 450 g/mol. The number of ether oxygens (including phenoxy) is 1. The van der Waals surface area contributed by atoms with E-state index in [-0.39, 0.29) is 12.4 Å². The van der Waals surface area contributed by atoms with Crippen molar-refractivity contribution >= 4 is 11.9 Å². The van der Waals surface area contributed by atoms with Crippen LogP contribution in [0, 0.1) is 0 Å². The Balaban J connectivity index is 3.63. The molecule has 0 aromatic carbocycles. The van der Waals surface area contributed by atoms with Gasteiger partial charge in [0.25, 0.3) is 0 Å². The Morgan fingerprint density at radius 2 is 1.25 bits per heavy atom. The number of carbonyl (C=O) groups excluding carboxylic acids is 1. The van der Waals surface area contributed by atoms with Gasteiger partial charge >= 0.3 is 11.9 Å². The van der Waals surface area contributed by atoms with Gasteiger partial charge in [0.05, 0.1) is 6.42 Å². The molecule has 0 rings (SSSR count). The SMILES string of the molecule is CCCCC/C=C\C/C=C\CCCCCCCCC(=O)OC(CCCCCC)CC(=O)O. The van der Waals surface area contributed by atoms with Gasteiger partial charge in [-0.05, 0) is 51.4 Å². The largest absolute Gasteiger partial charge is 0.481 e. The Hall–Kier alpha value is -1.58. The first kappa shape index (κ1) is 30.4. The highest BCUT2D eigenvalue weighted by atomic mass is 16.5. The van der Waals surface area contributed by atoms with Gasteiger partial charge in [0.1, 0.15) is 6.10 Å². The number of hydrogen-bond donors (Lipinski definition) is 1. The molecule has 186 valence electrons. The lowest BCUT2D eigenvalue weighted by atomic mass is 10.1. The van der Waals surface area contributed by atoms with Crippen LogP contribution in [-0.4, -0.2) is 23.1 Å². The maximum atomic E-state index is 12.0. The van der Waals surface area contributed by atoms with Gasteiger partial charge < -0.3 is 9.84 Å². The van der Waals surface area contributed by atoms with E-state index in [4.69, 9.17) is 9.84 Å². The van der Waals surface area contributed by atoms with Crippen LogP contribution in [0.2, 0.25) is 0 Å². The molecule has 0 spiro atoms. The van der Waals surface area contributed by atoms with Gasteiger partial charge in [-0.1, -0.05) is 95.9 Å². The average molecular weight is 451 g/mol. The van der Waals surface area contributed by atoms with Crippen molar-refractivity contribution in [1.29, 1.82) is 0 Å². The van der Waals surface area contributed by atoms with Crippen LogP contribution < -0.4 is 0 Å². The third-order valence-corrected chi connectivity index (χ3v) is 5.66. The number of rotatable bonds is 23. The number of allylic oxidation sites excluding steroid dienone is 4. The Morgan fingerprint density at radius 3 is 1.88 bits per heavy atom. The van der Waals surface area contributed by atoms with Crippen molar-refractivity contribution in [3.8, 4) is 0 Å². The van der Waals surface area contributed by atoms with Crippen molar-refractivity contribution in [2.24, 2.45) is 0 Å². The average Bonchev–Trinajstić information content (AvgIpc) is 2.76. The molecule has 0 saturated heterocycles. The van der Waals surface area contributed by atoms with E-state index in [9.17, 15) is 9.59 Å². The van der Waals surface area contributed by atoms with Gasteiger partial charge in [0.15, 0.2) is 0 Å². The molecule has 32 heavy (non-hydrogen) atoms. The van der Waals surface area contributed by atoms with Crippen molar-refractivity contribution in [2.75, 3.05) is 0 Å². The zero-order valence-corrected chi connectivity index (χ0v) is 21.0. The normalized spacial score (nSPS) is 12.6. The molecule has 0 saturated carbocycles. The molecular weight excluding hydrogens is 400 g/mol. The smallest absolute Gasteiger partial charge is 0.307 e. The van der Waals surface area contributed by atoms with E-state index >= 15 is 0 Å². The summed E-state index contributed by atoms with van der Waals surface area (Å²) in [6, 6.07) is 0. The lowest BCUT2D eigenvalue weighted by Crippen LogP contribution is -2.21. The minimum Gasteiger partial charge on any atom is -0.481 e. The molecule has 0 radical (unpaired) electrons. The summed E-state index contributed by atoms with van der Waals surface area (Å²) in [7, 11) is 0. The van der Waals surface area contributed by atoms with Crippen molar-refractivity contribution in [3.05, 3.63) is 24.3 Å². The summed E-state index contributed by atoms with van der Waals surface area (Å²) in [4.78, 5) is 23.0. The van der Waals surface area contributed by atoms with Crippen LogP contribution in [0.4, 0.5) is 0 Å². The summed E-state index contributed by atoms with van der Waals surface area (Å²) < 4.78 is 5.43. The molecule has 0 aliphatic heterocycles. The Morgan fingerprint density at radius 1 is 0.719 bits per heavy atom. The van der Waals surface area contributed by atoms with Crippen LogP contribution >= 0.6 is 0 Å². The second kappa shape index (κ2) is 24.1. The molecule has 1 unspecified atom stereocenters. The minimum absolute atomic E-state index is 0.0818. The van der Waals surface area contributed by atoms with Gasteiger partial charge in [0, 0.05) is 6.42 Å². The maximum absolute atomic E-state index is 12.0. The van der Waals surface area contributed by atoms with Gasteiger partial charge in [-0.2, -0.15) is 0 Å². The molecule has 0 aliphatic carbocycles. The van der Waals surface area contributed by atoms with Crippen molar-refractivity contribution in [2.45, 2.75) is 142 Å². The van der Waals surface area contributed by atoms with Crippen LogP contribution in [-0.2, 0) is 14.3 Å². The predicted molar refractivity (Wildman–Crippen MR) is 135 cm³/mol. The first-order valence-electron chi connectivity index (χ1n) is 13.3. The summed E-state index contributed by atoms with van der Waals surface area (Å²) in [5, 5.41) is 9.03. The van der Waals surface area contributed by atoms with E-state index in [0.29, 0.717) is 12.8 Å². The van der Waals surface area contributed by atoms with E-state index in [0.717, 1.165) is 57.8 Å². The highest BCUT2D eigenvalue weighted by molar-refractivity contribution is 5.71. The fourth-order valence-corrected chi connectivity index (χ4v) is 3.70. The highest BCUT2D eigenvalue weighted by Crippen LogP contribution is 2.14. The third kappa shape index (κ3) is 23.1. The van der Waals surface area contributed by atoms with Crippen LogP contribution in [0.15, 0.2) is 24.3 Å². The molecule has 0 bridgehead atoms. The molecule has 1 N–H and O–H groups in total.